The number of rotatable bonds is 5. The normalized spacial score (nSPS) is 18.8. The summed E-state index contributed by atoms with van der Waals surface area (Å²) in [5, 5.41) is 2.02. The zero-order chi connectivity index (χ0) is 11.2. The molecule has 0 heterocycles. The van der Waals surface area contributed by atoms with Crippen molar-refractivity contribution in [3.63, 3.8) is 0 Å². The monoisotopic (exact) mass is 298 g/mol. The molecule has 1 aromatic carbocycles. The Kier molecular flexibility index (Phi) is 5.24. The summed E-state index contributed by atoms with van der Waals surface area (Å²) in [6.07, 6.45) is 5.77. The summed E-state index contributed by atoms with van der Waals surface area (Å²) in [5.41, 5.74) is 1.48. The van der Waals surface area contributed by atoms with E-state index in [1.54, 1.807) is 0 Å². The molecule has 1 unspecified atom stereocenters. The molecule has 0 N–H and O–H groups in total. The molecule has 2 rings (SSSR count). The van der Waals surface area contributed by atoms with Gasteiger partial charge in [-0.2, -0.15) is 11.8 Å². The number of hydrogen-bond acceptors (Lipinski definition) is 1. The molecule has 0 aromatic heterocycles. The Labute approximate surface area is 111 Å². The summed E-state index contributed by atoms with van der Waals surface area (Å²) in [4.78, 5) is 0. The Hall–Kier alpha value is 0.0500. The number of hydrogen-bond donors (Lipinski definition) is 0. The lowest BCUT2D eigenvalue weighted by atomic mass is 10.0. The van der Waals surface area contributed by atoms with Gasteiger partial charge in [0.25, 0.3) is 0 Å². The van der Waals surface area contributed by atoms with E-state index in [0.717, 1.165) is 10.6 Å². The molecule has 0 nitrogen and oxygen atoms in total. The van der Waals surface area contributed by atoms with Gasteiger partial charge in [-0.25, -0.2) is 0 Å². The molecule has 0 aliphatic heterocycles. The molecular formula is C14H19BrS. The van der Waals surface area contributed by atoms with Crippen molar-refractivity contribution in [2.75, 3.05) is 11.1 Å². The third-order valence-corrected chi connectivity index (χ3v) is 5.61. The highest BCUT2D eigenvalue weighted by Crippen LogP contribution is 2.33. The van der Waals surface area contributed by atoms with Gasteiger partial charge in [0.2, 0.25) is 0 Å². The minimum atomic E-state index is 0.673. The van der Waals surface area contributed by atoms with Crippen LogP contribution in [0.4, 0.5) is 0 Å². The number of benzene rings is 1. The first-order chi connectivity index (χ1) is 7.90. The number of alkyl halides is 1. The van der Waals surface area contributed by atoms with Gasteiger partial charge in [0, 0.05) is 22.3 Å². The molecule has 1 atom stereocenters. The molecule has 0 amide bonds. The predicted octanol–water partition coefficient (Wildman–Crippen LogP) is 4.84. The molecule has 1 aliphatic carbocycles. The highest BCUT2D eigenvalue weighted by molar-refractivity contribution is 9.09. The second-order valence-corrected chi connectivity index (χ2v) is 6.48. The van der Waals surface area contributed by atoms with Crippen molar-refractivity contribution in [2.24, 2.45) is 0 Å². The van der Waals surface area contributed by atoms with Crippen LogP contribution in [-0.2, 0) is 0 Å². The van der Waals surface area contributed by atoms with Crippen LogP contribution in [0.3, 0.4) is 0 Å². The fourth-order valence-electron chi connectivity index (χ4n) is 2.26. The Morgan fingerprint density at radius 2 is 1.88 bits per heavy atom. The summed E-state index contributed by atoms with van der Waals surface area (Å²) in [6, 6.07) is 10.9. The van der Waals surface area contributed by atoms with Gasteiger partial charge < -0.3 is 0 Å². The SMILES string of the molecule is BrCC(CSC1CCCC1)c1ccccc1. The van der Waals surface area contributed by atoms with E-state index in [0.29, 0.717) is 5.92 Å². The lowest BCUT2D eigenvalue weighted by Crippen LogP contribution is -2.06. The summed E-state index contributed by atoms with van der Waals surface area (Å²) in [6.45, 7) is 0. The minimum Gasteiger partial charge on any atom is -0.158 e. The van der Waals surface area contributed by atoms with Gasteiger partial charge >= 0.3 is 0 Å². The van der Waals surface area contributed by atoms with Crippen molar-refractivity contribution < 1.29 is 0 Å². The van der Waals surface area contributed by atoms with E-state index in [1.165, 1.54) is 37.0 Å². The topological polar surface area (TPSA) is 0 Å². The van der Waals surface area contributed by atoms with Gasteiger partial charge in [0.15, 0.2) is 0 Å². The fourth-order valence-corrected chi connectivity index (χ4v) is 4.65. The summed E-state index contributed by atoms with van der Waals surface area (Å²) in [5.74, 6) is 1.94. The van der Waals surface area contributed by atoms with E-state index >= 15 is 0 Å². The second-order valence-electron chi connectivity index (χ2n) is 4.50. The zero-order valence-electron chi connectivity index (χ0n) is 9.57. The first kappa shape index (κ1) is 12.5. The van der Waals surface area contributed by atoms with E-state index in [-0.39, 0.29) is 0 Å². The molecule has 16 heavy (non-hydrogen) atoms. The largest absolute Gasteiger partial charge is 0.158 e. The quantitative estimate of drug-likeness (QED) is 0.701. The van der Waals surface area contributed by atoms with Crippen LogP contribution in [0, 0.1) is 0 Å². The van der Waals surface area contributed by atoms with Gasteiger partial charge in [0.1, 0.15) is 0 Å². The fraction of sp³-hybridized carbons (Fsp3) is 0.571. The van der Waals surface area contributed by atoms with Crippen molar-refractivity contribution >= 4 is 27.7 Å². The third kappa shape index (κ3) is 3.53. The Morgan fingerprint density at radius 1 is 1.19 bits per heavy atom. The van der Waals surface area contributed by atoms with Crippen LogP contribution >= 0.6 is 27.7 Å². The average Bonchev–Trinajstić information content (AvgIpc) is 2.84. The van der Waals surface area contributed by atoms with Crippen molar-refractivity contribution in [2.45, 2.75) is 36.9 Å². The molecule has 1 aromatic rings. The standard InChI is InChI=1S/C14H19BrS/c15-10-13(12-6-2-1-3-7-12)11-16-14-8-4-5-9-14/h1-3,6-7,13-14H,4-5,8-11H2. The van der Waals surface area contributed by atoms with Crippen molar-refractivity contribution in [1.82, 2.24) is 0 Å². The zero-order valence-corrected chi connectivity index (χ0v) is 12.0. The molecule has 88 valence electrons. The van der Waals surface area contributed by atoms with E-state index in [9.17, 15) is 0 Å². The first-order valence-corrected chi connectivity index (χ1v) is 8.29. The highest BCUT2D eigenvalue weighted by Gasteiger charge is 2.18. The second kappa shape index (κ2) is 6.70. The van der Waals surface area contributed by atoms with E-state index in [4.69, 9.17) is 0 Å². The molecule has 0 spiro atoms. The van der Waals surface area contributed by atoms with E-state index in [2.05, 4.69) is 58.0 Å². The maximum Gasteiger partial charge on any atom is 0.0108 e. The maximum atomic E-state index is 3.65. The molecule has 0 radical (unpaired) electrons. The van der Waals surface area contributed by atoms with Crippen molar-refractivity contribution in [1.29, 1.82) is 0 Å². The molecular weight excluding hydrogens is 280 g/mol. The third-order valence-electron chi connectivity index (χ3n) is 3.29. The molecule has 1 aliphatic rings. The van der Waals surface area contributed by atoms with Crippen LogP contribution in [0.5, 0.6) is 0 Å². The maximum absolute atomic E-state index is 3.65. The van der Waals surface area contributed by atoms with Crippen LogP contribution in [0.1, 0.15) is 37.2 Å². The highest BCUT2D eigenvalue weighted by atomic mass is 79.9. The van der Waals surface area contributed by atoms with Crippen LogP contribution in [-0.4, -0.2) is 16.3 Å². The molecule has 0 bridgehead atoms. The Morgan fingerprint density at radius 3 is 2.50 bits per heavy atom. The van der Waals surface area contributed by atoms with Crippen LogP contribution in [0.2, 0.25) is 0 Å². The van der Waals surface area contributed by atoms with Gasteiger partial charge in [-0.15, -0.1) is 0 Å². The average molecular weight is 299 g/mol. The number of thioether (sulfide) groups is 1. The van der Waals surface area contributed by atoms with Gasteiger partial charge in [-0.05, 0) is 18.4 Å². The molecule has 1 saturated carbocycles. The summed E-state index contributed by atoms with van der Waals surface area (Å²) < 4.78 is 0. The smallest absolute Gasteiger partial charge is 0.0108 e. The van der Waals surface area contributed by atoms with Crippen molar-refractivity contribution in [3.8, 4) is 0 Å². The minimum absolute atomic E-state index is 0.673. The Bertz CT molecular complexity index is 293. The lowest BCUT2D eigenvalue weighted by Gasteiger charge is -2.16. The van der Waals surface area contributed by atoms with Crippen LogP contribution in [0.25, 0.3) is 0 Å². The molecule has 0 saturated heterocycles. The van der Waals surface area contributed by atoms with Crippen LogP contribution < -0.4 is 0 Å². The van der Waals surface area contributed by atoms with E-state index < -0.39 is 0 Å². The molecule has 1 fully saturated rings. The molecule has 2 heteroatoms. The van der Waals surface area contributed by atoms with Gasteiger partial charge in [-0.1, -0.05) is 59.1 Å². The first-order valence-electron chi connectivity index (χ1n) is 6.12. The van der Waals surface area contributed by atoms with E-state index in [1.807, 2.05) is 0 Å². The predicted molar refractivity (Wildman–Crippen MR) is 77.7 cm³/mol. The van der Waals surface area contributed by atoms with Crippen LogP contribution in [0.15, 0.2) is 30.3 Å². The summed E-state index contributed by atoms with van der Waals surface area (Å²) >= 11 is 5.83. The number of halogens is 1. The Balaban J connectivity index is 1.85. The summed E-state index contributed by atoms with van der Waals surface area (Å²) in [7, 11) is 0. The lowest BCUT2D eigenvalue weighted by molar-refractivity contribution is 0.871. The van der Waals surface area contributed by atoms with Gasteiger partial charge in [0.05, 0.1) is 0 Å². The van der Waals surface area contributed by atoms with Gasteiger partial charge in [-0.3, -0.25) is 0 Å². The van der Waals surface area contributed by atoms with Crippen molar-refractivity contribution in [3.05, 3.63) is 35.9 Å².